The number of hydrogen-bond acceptors (Lipinski definition) is 0. The molecule has 20 heavy (non-hydrogen) atoms. The van der Waals surface area contributed by atoms with Gasteiger partial charge in [-0.25, -0.2) is 8.78 Å². The molecule has 0 bridgehead atoms. The summed E-state index contributed by atoms with van der Waals surface area (Å²) in [7, 11) is 0. The zero-order valence-electron chi connectivity index (χ0n) is 12.5. The van der Waals surface area contributed by atoms with Crippen molar-refractivity contribution in [2.45, 2.75) is 58.3 Å². The van der Waals surface area contributed by atoms with Crippen LogP contribution in [0.1, 0.15) is 63.0 Å². The summed E-state index contributed by atoms with van der Waals surface area (Å²) in [6.45, 7) is 8.11. The molecular formula is C18H24F2. The highest BCUT2D eigenvalue weighted by Gasteiger charge is 2.29. The first-order valence-electron chi connectivity index (χ1n) is 7.52. The molecule has 1 fully saturated rings. The van der Waals surface area contributed by atoms with E-state index in [0.717, 1.165) is 25.7 Å². The number of allylic oxidation sites excluding steroid dienone is 1. The van der Waals surface area contributed by atoms with E-state index >= 15 is 0 Å². The lowest BCUT2D eigenvalue weighted by Gasteiger charge is -2.34. The molecular weight excluding hydrogens is 254 g/mol. The summed E-state index contributed by atoms with van der Waals surface area (Å²) in [5.41, 5.74) is 1.37. The first kappa shape index (κ1) is 15.2. The van der Waals surface area contributed by atoms with Crippen LogP contribution in [0.3, 0.4) is 0 Å². The van der Waals surface area contributed by atoms with Gasteiger partial charge in [-0.15, -0.1) is 6.58 Å². The van der Waals surface area contributed by atoms with E-state index in [1.807, 2.05) is 0 Å². The quantitative estimate of drug-likeness (QED) is 0.613. The molecule has 0 N–H and O–H groups in total. The molecule has 1 aliphatic carbocycles. The van der Waals surface area contributed by atoms with Crippen LogP contribution in [-0.2, 0) is 6.42 Å². The van der Waals surface area contributed by atoms with Crippen molar-refractivity contribution in [3.05, 3.63) is 47.5 Å². The first-order valence-corrected chi connectivity index (χ1v) is 7.52. The van der Waals surface area contributed by atoms with Gasteiger partial charge in [0.1, 0.15) is 0 Å². The summed E-state index contributed by atoms with van der Waals surface area (Å²) in [6.07, 6.45) is 6.99. The summed E-state index contributed by atoms with van der Waals surface area (Å²) in [4.78, 5) is 0. The Hall–Kier alpha value is -1.18. The number of aryl methyl sites for hydroxylation is 1. The highest BCUT2D eigenvalue weighted by molar-refractivity contribution is 5.29. The summed E-state index contributed by atoms with van der Waals surface area (Å²) >= 11 is 0. The van der Waals surface area contributed by atoms with Gasteiger partial charge in [-0.3, -0.25) is 0 Å². The molecule has 0 saturated heterocycles. The van der Waals surface area contributed by atoms with E-state index in [1.165, 1.54) is 0 Å². The Morgan fingerprint density at radius 3 is 2.45 bits per heavy atom. The third-order valence-corrected chi connectivity index (χ3v) is 4.59. The average molecular weight is 278 g/mol. The van der Waals surface area contributed by atoms with Gasteiger partial charge in [-0.1, -0.05) is 32.1 Å². The zero-order chi connectivity index (χ0) is 14.8. The lowest BCUT2D eigenvalue weighted by Crippen LogP contribution is -2.21. The van der Waals surface area contributed by atoms with Crippen LogP contribution in [0.5, 0.6) is 0 Å². The second kappa shape index (κ2) is 6.07. The van der Waals surface area contributed by atoms with Crippen molar-refractivity contribution in [2.75, 3.05) is 0 Å². The molecule has 0 spiro atoms. The second-order valence-corrected chi connectivity index (χ2v) is 6.71. The fourth-order valence-electron chi connectivity index (χ4n) is 3.08. The van der Waals surface area contributed by atoms with Crippen molar-refractivity contribution >= 4 is 0 Å². The molecule has 1 aliphatic rings. The van der Waals surface area contributed by atoms with Crippen molar-refractivity contribution in [3.8, 4) is 0 Å². The largest absolute Gasteiger partial charge is 0.203 e. The van der Waals surface area contributed by atoms with Crippen LogP contribution in [0.2, 0.25) is 0 Å². The third-order valence-electron chi connectivity index (χ3n) is 4.59. The summed E-state index contributed by atoms with van der Waals surface area (Å²) < 4.78 is 28.3. The van der Waals surface area contributed by atoms with Crippen molar-refractivity contribution in [1.29, 1.82) is 0 Å². The van der Waals surface area contributed by atoms with Crippen molar-refractivity contribution in [2.24, 2.45) is 5.41 Å². The Kier molecular flexibility index (Phi) is 4.62. The van der Waals surface area contributed by atoms with Gasteiger partial charge in [-0.2, -0.15) is 0 Å². The Balaban J connectivity index is 2.17. The molecule has 0 heterocycles. The van der Waals surface area contributed by atoms with Crippen LogP contribution < -0.4 is 0 Å². The number of hydrogen-bond donors (Lipinski definition) is 0. The Labute approximate surface area is 120 Å². The molecule has 2 rings (SSSR count). The maximum Gasteiger partial charge on any atom is 0.162 e. The highest BCUT2D eigenvalue weighted by atomic mass is 19.2. The Morgan fingerprint density at radius 2 is 1.85 bits per heavy atom. The Morgan fingerprint density at radius 1 is 1.20 bits per heavy atom. The van der Waals surface area contributed by atoms with E-state index in [4.69, 9.17) is 0 Å². The molecule has 1 aromatic rings. The molecule has 1 saturated carbocycles. The molecule has 0 aromatic heterocycles. The van der Waals surface area contributed by atoms with Crippen LogP contribution in [-0.4, -0.2) is 0 Å². The first-order chi connectivity index (χ1) is 9.44. The summed E-state index contributed by atoms with van der Waals surface area (Å²) in [5.74, 6) is -1.11. The van der Waals surface area contributed by atoms with Crippen molar-refractivity contribution in [1.82, 2.24) is 0 Å². The average Bonchev–Trinajstić information content (AvgIpc) is 2.41. The predicted molar refractivity (Wildman–Crippen MR) is 79.9 cm³/mol. The van der Waals surface area contributed by atoms with E-state index < -0.39 is 11.6 Å². The Bertz CT molecular complexity index is 478. The molecule has 0 unspecified atom stereocenters. The van der Waals surface area contributed by atoms with E-state index in [-0.39, 0.29) is 5.92 Å². The molecule has 0 amide bonds. The number of benzene rings is 1. The monoisotopic (exact) mass is 278 g/mol. The number of rotatable bonds is 4. The summed E-state index contributed by atoms with van der Waals surface area (Å²) in [6, 6.07) is 3.54. The van der Waals surface area contributed by atoms with Crippen molar-refractivity contribution < 1.29 is 8.78 Å². The maximum atomic E-state index is 14.3. The van der Waals surface area contributed by atoms with Crippen LogP contribution in [0.25, 0.3) is 0 Å². The minimum atomic E-state index is -0.658. The van der Waals surface area contributed by atoms with Crippen LogP contribution in [0.15, 0.2) is 24.8 Å². The van der Waals surface area contributed by atoms with Crippen molar-refractivity contribution in [3.63, 3.8) is 0 Å². The fourth-order valence-corrected chi connectivity index (χ4v) is 3.08. The molecule has 0 radical (unpaired) electrons. The topological polar surface area (TPSA) is 0 Å². The van der Waals surface area contributed by atoms with Gasteiger partial charge in [-0.05, 0) is 61.0 Å². The second-order valence-electron chi connectivity index (χ2n) is 6.71. The van der Waals surface area contributed by atoms with Gasteiger partial charge in [0.15, 0.2) is 11.6 Å². The van der Waals surface area contributed by atoms with Gasteiger partial charge in [0.25, 0.3) is 0 Å². The maximum absolute atomic E-state index is 14.3. The van der Waals surface area contributed by atoms with E-state index in [0.29, 0.717) is 29.4 Å². The fraction of sp³-hybridized carbons (Fsp3) is 0.556. The van der Waals surface area contributed by atoms with Gasteiger partial charge in [0, 0.05) is 0 Å². The van der Waals surface area contributed by atoms with Crippen LogP contribution in [0, 0.1) is 17.0 Å². The minimum Gasteiger partial charge on any atom is -0.203 e. The molecule has 110 valence electrons. The zero-order valence-corrected chi connectivity index (χ0v) is 12.5. The lowest BCUT2D eigenvalue weighted by molar-refractivity contribution is 0.222. The summed E-state index contributed by atoms with van der Waals surface area (Å²) in [5, 5.41) is 0. The molecule has 0 atom stereocenters. The highest BCUT2D eigenvalue weighted by Crippen LogP contribution is 2.43. The predicted octanol–water partition coefficient (Wildman–Crippen LogP) is 5.77. The van der Waals surface area contributed by atoms with E-state index in [1.54, 1.807) is 18.2 Å². The van der Waals surface area contributed by atoms with Gasteiger partial charge < -0.3 is 0 Å². The van der Waals surface area contributed by atoms with Crippen LogP contribution in [0.4, 0.5) is 8.78 Å². The SMILES string of the molecule is C=CCCc1ccc(C2CCC(C)(C)CC2)c(F)c1F. The lowest BCUT2D eigenvalue weighted by atomic mass is 9.71. The van der Waals surface area contributed by atoms with Gasteiger partial charge >= 0.3 is 0 Å². The molecule has 0 aliphatic heterocycles. The standard InChI is InChI=1S/C18H24F2/c1-4-5-6-14-7-8-15(17(20)16(14)19)13-9-11-18(2,3)12-10-13/h4,7-8,13H,1,5-6,9-12H2,2-3H3. The normalized spacial score (nSPS) is 19.0. The van der Waals surface area contributed by atoms with Gasteiger partial charge in [0.05, 0.1) is 0 Å². The number of halogens is 2. The van der Waals surface area contributed by atoms with Crippen LogP contribution >= 0.6 is 0 Å². The molecule has 2 heteroatoms. The molecule has 0 nitrogen and oxygen atoms in total. The van der Waals surface area contributed by atoms with Gasteiger partial charge in [0.2, 0.25) is 0 Å². The van der Waals surface area contributed by atoms with E-state index in [9.17, 15) is 8.78 Å². The molecule has 1 aromatic carbocycles. The smallest absolute Gasteiger partial charge is 0.162 e. The minimum absolute atomic E-state index is 0.172. The third kappa shape index (κ3) is 3.28. The van der Waals surface area contributed by atoms with E-state index in [2.05, 4.69) is 20.4 Å².